The van der Waals surface area contributed by atoms with Crippen LogP contribution in [0.5, 0.6) is 0 Å². The van der Waals surface area contributed by atoms with Crippen LogP contribution in [0.1, 0.15) is 16.8 Å². The van der Waals surface area contributed by atoms with Gasteiger partial charge in [0.05, 0.1) is 5.56 Å². The molecule has 0 aromatic carbocycles. The first-order valence-corrected chi connectivity index (χ1v) is 5.91. The minimum Gasteiger partial charge on any atom is -0.478 e. The Hall–Kier alpha value is -1.33. The van der Waals surface area contributed by atoms with Crippen molar-refractivity contribution in [1.29, 1.82) is 0 Å². The summed E-state index contributed by atoms with van der Waals surface area (Å²) in [5.41, 5.74) is 0.178. The van der Waals surface area contributed by atoms with Gasteiger partial charge in [0.2, 0.25) is 0 Å². The maximum absolute atomic E-state index is 10.9. The second kappa shape index (κ2) is 5.33. The monoisotopic (exact) mass is 255 g/mol. The number of pyridine rings is 1. The van der Waals surface area contributed by atoms with Crippen LogP contribution in [0.3, 0.4) is 0 Å². The van der Waals surface area contributed by atoms with E-state index >= 15 is 0 Å². The summed E-state index contributed by atoms with van der Waals surface area (Å²) in [7, 11) is 0. The first-order valence-electron chi connectivity index (χ1n) is 5.53. The van der Waals surface area contributed by atoms with Crippen LogP contribution in [0, 0.1) is 0 Å². The molecular formula is C11H14ClN3O2. The fourth-order valence-electron chi connectivity index (χ4n) is 1.84. The maximum Gasteiger partial charge on any atom is 0.335 e. The number of carbonyl (C=O) groups is 1. The molecule has 6 heteroatoms. The molecule has 0 spiro atoms. The minimum absolute atomic E-state index is 0.178. The van der Waals surface area contributed by atoms with Crippen LogP contribution in [0.4, 0.5) is 5.82 Å². The molecule has 2 N–H and O–H groups in total. The minimum atomic E-state index is -0.983. The summed E-state index contributed by atoms with van der Waals surface area (Å²) in [6.45, 7) is 3.52. The van der Waals surface area contributed by atoms with Gasteiger partial charge in [-0.3, -0.25) is 0 Å². The van der Waals surface area contributed by atoms with Crippen LogP contribution >= 0.6 is 11.6 Å². The van der Waals surface area contributed by atoms with Gasteiger partial charge in [0.15, 0.2) is 0 Å². The summed E-state index contributed by atoms with van der Waals surface area (Å²) in [6.07, 6.45) is 1.01. The average Bonchev–Trinajstić information content (AvgIpc) is 2.56. The van der Waals surface area contributed by atoms with Crippen LogP contribution < -0.4 is 10.2 Å². The molecule has 17 heavy (non-hydrogen) atoms. The summed E-state index contributed by atoms with van der Waals surface area (Å²) in [4.78, 5) is 17.2. The topological polar surface area (TPSA) is 65.5 Å². The van der Waals surface area contributed by atoms with Gasteiger partial charge < -0.3 is 15.3 Å². The molecule has 1 saturated heterocycles. The smallest absolute Gasteiger partial charge is 0.335 e. The summed E-state index contributed by atoms with van der Waals surface area (Å²) >= 11 is 5.84. The first-order chi connectivity index (χ1) is 8.16. The molecular weight excluding hydrogens is 242 g/mol. The molecule has 1 aliphatic heterocycles. The van der Waals surface area contributed by atoms with Gasteiger partial charge in [-0.05, 0) is 25.1 Å². The van der Waals surface area contributed by atoms with Crippen molar-refractivity contribution in [2.45, 2.75) is 6.42 Å². The second-order valence-electron chi connectivity index (χ2n) is 3.93. The predicted molar refractivity (Wildman–Crippen MR) is 65.9 cm³/mol. The highest BCUT2D eigenvalue weighted by molar-refractivity contribution is 6.29. The van der Waals surface area contributed by atoms with E-state index in [9.17, 15) is 4.79 Å². The van der Waals surface area contributed by atoms with Crippen molar-refractivity contribution < 1.29 is 9.90 Å². The third-order valence-corrected chi connectivity index (χ3v) is 2.89. The second-order valence-corrected chi connectivity index (χ2v) is 4.32. The summed E-state index contributed by atoms with van der Waals surface area (Å²) in [5, 5.41) is 12.5. The van der Waals surface area contributed by atoms with Gasteiger partial charge in [-0.2, -0.15) is 0 Å². The molecule has 1 aromatic heterocycles. The average molecular weight is 256 g/mol. The zero-order valence-corrected chi connectivity index (χ0v) is 10.1. The quantitative estimate of drug-likeness (QED) is 0.779. The van der Waals surface area contributed by atoms with Crippen LogP contribution in [-0.2, 0) is 0 Å². The number of rotatable bonds is 2. The number of hydrogen-bond acceptors (Lipinski definition) is 4. The van der Waals surface area contributed by atoms with Crippen LogP contribution in [0.15, 0.2) is 12.1 Å². The molecule has 0 bridgehead atoms. The summed E-state index contributed by atoms with van der Waals surface area (Å²) in [5.74, 6) is -0.345. The van der Waals surface area contributed by atoms with Crippen LogP contribution in [-0.4, -0.2) is 42.2 Å². The highest BCUT2D eigenvalue weighted by atomic mass is 35.5. The van der Waals surface area contributed by atoms with Crippen molar-refractivity contribution in [2.75, 3.05) is 31.1 Å². The first kappa shape index (κ1) is 12.1. The van der Waals surface area contributed by atoms with E-state index in [1.807, 2.05) is 0 Å². The zero-order valence-electron chi connectivity index (χ0n) is 9.32. The lowest BCUT2D eigenvalue weighted by molar-refractivity contribution is 0.0697. The molecule has 0 amide bonds. The predicted octanol–water partition coefficient (Wildman–Crippen LogP) is 1.23. The van der Waals surface area contributed by atoms with E-state index in [1.165, 1.54) is 6.07 Å². The van der Waals surface area contributed by atoms with Crippen molar-refractivity contribution >= 4 is 23.4 Å². The molecule has 0 saturated carbocycles. The molecule has 92 valence electrons. The molecule has 0 atom stereocenters. The highest BCUT2D eigenvalue weighted by Crippen LogP contribution is 2.19. The molecule has 0 aliphatic carbocycles. The number of halogens is 1. The van der Waals surface area contributed by atoms with Crippen molar-refractivity contribution in [1.82, 2.24) is 10.3 Å². The molecule has 2 heterocycles. The largest absolute Gasteiger partial charge is 0.478 e. The summed E-state index contributed by atoms with van der Waals surface area (Å²) in [6, 6.07) is 2.93. The van der Waals surface area contributed by atoms with E-state index in [-0.39, 0.29) is 10.7 Å². The van der Waals surface area contributed by atoms with E-state index < -0.39 is 5.97 Å². The fraction of sp³-hybridized carbons (Fsp3) is 0.455. The molecule has 5 nitrogen and oxygen atoms in total. The SMILES string of the molecule is O=C(O)c1cc(Cl)nc(N2CCCNCC2)c1. The number of nitrogens with zero attached hydrogens (tertiary/aromatic N) is 2. The molecule has 2 rings (SSSR count). The van der Waals surface area contributed by atoms with Crippen molar-refractivity contribution in [3.63, 3.8) is 0 Å². The van der Waals surface area contributed by atoms with Crippen LogP contribution in [0.25, 0.3) is 0 Å². The molecule has 1 aromatic rings. The Balaban J connectivity index is 2.27. The van der Waals surface area contributed by atoms with Gasteiger partial charge in [-0.15, -0.1) is 0 Å². The van der Waals surface area contributed by atoms with E-state index in [2.05, 4.69) is 15.2 Å². The lowest BCUT2D eigenvalue weighted by Crippen LogP contribution is -2.28. The van der Waals surface area contributed by atoms with Crippen molar-refractivity contribution in [3.05, 3.63) is 22.8 Å². The lowest BCUT2D eigenvalue weighted by Gasteiger charge is -2.21. The number of aromatic carboxylic acids is 1. The Labute approximate surface area is 104 Å². The molecule has 1 aliphatic rings. The van der Waals surface area contributed by atoms with E-state index in [1.54, 1.807) is 6.07 Å². The third-order valence-electron chi connectivity index (χ3n) is 2.69. The standard InChI is InChI=1S/C11H14ClN3O2/c12-9-6-8(11(16)17)7-10(14-9)15-4-1-2-13-3-5-15/h6-7,13H,1-5H2,(H,16,17). The number of nitrogens with one attached hydrogen (secondary N) is 1. The van der Waals surface area contributed by atoms with E-state index in [0.29, 0.717) is 5.82 Å². The van der Waals surface area contributed by atoms with E-state index in [4.69, 9.17) is 16.7 Å². The third kappa shape index (κ3) is 3.08. The Morgan fingerprint density at radius 1 is 1.41 bits per heavy atom. The summed E-state index contributed by atoms with van der Waals surface area (Å²) < 4.78 is 0. The van der Waals surface area contributed by atoms with Gasteiger partial charge in [-0.1, -0.05) is 11.6 Å². The van der Waals surface area contributed by atoms with Gasteiger partial charge in [0, 0.05) is 19.6 Å². The Morgan fingerprint density at radius 3 is 3.00 bits per heavy atom. The molecule has 1 fully saturated rings. The molecule has 0 radical (unpaired) electrons. The highest BCUT2D eigenvalue weighted by Gasteiger charge is 2.14. The Kier molecular flexibility index (Phi) is 3.81. The van der Waals surface area contributed by atoms with Crippen molar-refractivity contribution in [3.8, 4) is 0 Å². The molecule has 0 unspecified atom stereocenters. The number of aromatic nitrogens is 1. The Bertz CT molecular complexity index is 417. The number of anilines is 1. The van der Waals surface area contributed by atoms with E-state index in [0.717, 1.165) is 32.6 Å². The fourth-order valence-corrected chi connectivity index (χ4v) is 2.05. The number of carboxylic acid groups (broad SMARTS) is 1. The van der Waals surface area contributed by atoms with Gasteiger partial charge in [0.25, 0.3) is 0 Å². The van der Waals surface area contributed by atoms with Crippen LogP contribution in [0.2, 0.25) is 5.15 Å². The Morgan fingerprint density at radius 2 is 2.24 bits per heavy atom. The zero-order chi connectivity index (χ0) is 12.3. The maximum atomic E-state index is 10.9. The van der Waals surface area contributed by atoms with Gasteiger partial charge >= 0.3 is 5.97 Å². The van der Waals surface area contributed by atoms with Gasteiger partial charge in [-0.25, -0.2) is 9.78 Å². The number of carboxylic acids is 1. The lowest BCUT2D eigenvalue weighted by atomic mass is 10.2. The van der Waals surface area contributed by atoms with Crippen molar-refractivity contribution in [2.24, 2.45) is 0 Å². The van der Waals surface area contributed by atoms with Gasteiger partial charge in [0.1, 0.15) is 11.0 Å². The number of hydrogen-bond donors (Lipinski definition) is 2. The normalized spacial score (nSPS) is 16.6.